The van der Waals surface area contributed by atoms with Gasteiger partial charge in [-0.05, 0) is 0 Å². The zero-order valence-electron chi connectivity index (χ0n) is 3.09. The molecule has 0 amide bonds. The third-order valence-electron chi connectivity index (χ3n) is 0. The van der Waals surface area contributed by atoms with E-state index in [4.69, 9.17) is 30.1 Å². The van der Waals surface area contributed by atoms with E-state index in [-0.39, 0.29) is 23.6 Å². The Hall–Kier alpha value is 1.93. The van der Waals surface area contributed by atoms with Crippen LogP contribution in [-0.4, -0.2) is 11.4 Å². The fourth-order valence-electron chi connectivity index (χ4n) is 0. The van der Waals surface area contributed by atoms with Crippen LogP contribution in [0.25, 0.3) is 0 Å². The van der Waals surface area contributed by atoms with Gasteiger partial charge in [-0.15, -0.1) is 0 Å². The van der Waals surface area contributed by atoms with Gasteiger partial charge in [0.05, 0.1) is 0 Å². The first-order valence-electron chi connectivity index (χ1n) is 0.655. The Morgan fingerprint density at radius 1 is 1.00 bits per heavy atom. The fraction of sp³-hybridized carbons (Fsp3) is 0. The summed E-state index contributed by atoms with van der Waals surface area (Å²) in [6.07, 6.45) is 0. The monoisotopic (exact) mass is 158 g/mol. The van der Waals surface area contributed by atoms with Crippen LogP contribution >= 0.6 is 30.1 Å². The first kappa shape index (κ1) is 15.7. The van der Waals surface area contributed by atoms with Gasteiger partial charge in [0.2, 0.25) is 0 Å². The molecule has 6 heteroatoms. The van der Waals surface area contributed by atoms with Gasteiger partial charge in [0.25, 0.3) is 0 Å². The van der Waals surface area contributed by atoms with Crippen molar-refractivity contribution in [2.75, 3.05) is 0 Å². The summed E-state index contributed by atoms with van der Waals surface area (Å²) in [6.45, 7) is 0. The molecule has 0 saturated heterocycles. The molecule has 0 saturated carbocycles. The molecule has 0 fully saturated rings. The summed E-state index contributed by atoms with van der Waals surface area (Å²) >= 11 is -1.72. The van der Waals surface area contributed by atoms with Crippen molar-refractivity contribution in [1.82, 2.24) is 0 Å². The second kappa shape index (κ2) is 10.0. The van der Waals surface area contributed by atoms with Gasteiger partial charge in [0, 0.05) is 0 Å². The van der Waals surface area contributed by atoms with E-state index in [9.17, 15) is 0 Å². The van der Waals surface area contributed by atoms with E-state index in [1.165, 1.54) is 0 Å². The third-order valence-corrected chi connectivity index (χ3v) is 0. The van der Waals surface area contributed by atoms with Crippen molar-refractivity contribution in [3.63, 3.8) is 0 Å². The molecular weight excluding hydrogens is 159 g/mol. The average Bonchev–Trinajstić information content (AvgIpc) is 0.811. The third kappa shape index (κ3) is 38.7. The van der Waals surface area contributed by atoms with E-state index >= 15 is 0 Å². The molecular formula is AlCl3FLi. The Balaban J connectivity index is -0.0000000450. The summed E-state index contributed by atoms with van der Waals surface area (Å²) in [4.78, 5) is 0. The van der Waals surface area contributed by atoms with Crippen LogP contribution < -0.4 is 23.6 Å². The topological polar surface area (TPSA) is 0 Å². The Labute approximate surface area is 64.7 Å². The molecule has 32 valence electrons. The second-order valence-electron chi connectivity index (χ2n) is 0.247. The number of rotatable bonds is 0. The summed E-state index contributed by atoms with van der Waals surface area (Å²) in [5.74, 6) is 0. The van der Waals surface area contributed by atoms with Crippen LogP contribution in [0.1, 0.15) is 0 Å². The van der Waals surface area contributed by atoms with Crippen molar-refractivity contribution < 1.29 is 23.6 Å². The van der Waals surface area contributed by atoms with Crippen molar-refractivity contribution >= 4 is 41.5 Å². The summed E-state index contributed by atoms with van der Waals surface area (Å²) in [7, 11) is 14.8. The maximum atomic E-state index is 4.94. The second-order valence-corrected chi connectivity index (χ2v) is 6.68. The van der Waals surface area contributed by atoms with Crippen LogP contribution in [0.15, 0.2) is 0 Å². The molecule has 0 rings (SSSR count). The molecule has 0 aromatic rings. The Kier molecular flexibility index (Phi) is 26.2. The summed E-state index contributed by atoms with van der Waals surface area (Å²) in [5.41, 5.74) is 0. The van der Waals surface area contributed by atoms with E-state index in [0.29, 0.717) is 0 Å². The predicted molar refractivity (Wildman–Crippen MR) is 23.3 cm³/mol. The molecule has 0 aliphatic heterocycles. The van der Waals surface area contributed by atoms with E-state index in [1.54, 1.807) is 0 Å². The smallest absolute Gasteiger partial charge is 1.00 e. The zero-order chi connectivity index (χ0) is 3.58. The SMILES string of the molecule is [Cl][Al]([Cl])[Cl].[F-].[Li+]. The van der Waals surface area contributed by atoms with Gasteiger partial charge in [-0.25, -0.2) is 30.1 Å². The number of hydrogen-bond acceptors (Lipinski definition) is 0. The first-order valence-corrected chi connectivity index (χ1v) is 5.89. The maximum Gasteiger partial charge on any atom is 1.00 e. The zero-order valence-corrected chi connectivity index (χ0v) is 6.51. The average molecular weight is 159 g/mol. The minimum Gasteiger partial charge on any atom is -1.00 e. The van der Waals surface area contributed by atoms with Crippen molar-refractivity contribution in [2.45, 2.75) is 0 Å². The van der Waals surface area contributed by atoms with Crippen molar-refractivity contribution in [1.29, 1.82) is 0 Å². The van der Waals surface area contributed by atoms with Crippen LogP contribution in [0.4, 0.5) is 0 Å². The maximum absolute atomic E-state index is 4.94. The Morgan fingerprint density at radius 3 is 1.00 bits per heavy atom. The number of halogens is 4. The van der Waals surface area contributed by atoms with E-state index < -0.39 is 11.4 Å². The van der Waals surface area contributed by atoms with Crippen LogP contribution in [-0.2, 0) is 0 Å². The number of hydrogen-bond donors (Lipinski definition) is 0. The molecule has 6 heavy (non-hydrogen) atoms. The standard InChI is InChI=1S/Al.3ClH.FH.Li/h;4*1H;/q+3;;;;;+1/p-4. The fourth-order valence-corrected chi connectivity index (χ4v) is 0. The van der Waals surface area contributed by atoms with Crippen molar-refractivity contribution in [2.24, 2.45) is 0 Å². The largest absolute Gasteiger partial charge is 1.00 e. The molecule has 0 atom stereocenters. The normalized spacial score (nSPS) is 4.50. The molecule has 0 spiro atoms. The van der Waals surface area contributed by atoms with E-state index in [2.05, 4.69) is 0 Å². The van der Waals surface area contributed by atoms with Gasteiger partial charge in [0.1, 0.15) is 0 Å². The molecule has 0 aliphatic carbocycles. The molecule has 0 bridgehead atoms. The van der Waals surface area contributed by atoms with Gasteiger partial charge in [0.15, 0.2) is 0 Å². The van der Waals surface area contributed by atoms with Gasteiger partial charge in [-0.1, -0.05) is 0 Å². The Bertz CT molecular complexity index is 15.5. The van der Waals surface area contributed by atoms with Crippen LogP contribution in [0.3, 0.4) is 0 Å². The van der Waals surface area contributed by atoms with Gasteiger partial charge >= 0.3 is 30.2 Å². The first-order chi connectivity index (χ1) is 1.73. The minimum atomic E-state index is -1.72. The minimum absolute atomic E-state index is 0. The van der Waals surface area contributed by atoms with Crippen LogP contribution in [0.5, 0.6) is 0 Å². The summed E-state index contributed by atoms with van der Waals surface area (Å²) in [5, 5.41) is 0. The van der Waals surface area contributed by atoms with E-state index in [1.807, 2.05) is 0 Å². The summed E-state index contributed by atoms with van der Waals surface area (Å²) < 4.78 is 0. The van der Waals surface area contributed by atoms with Crippen LogP contribution in [0, 0.1) is 0 Å². The van der Waals surface area contributed by atoms with Gasteiger partial charge in [-0.2, -0.15) is 0 Å². The van der Waals surface area contributed by atoms with Crippen molar-refractivity contribution in [3.8, 4) is 0 Å². The molecule has 0 unspecified atom stereocenters. The van der Waals surface area contributed by atoms with Gasteiger partial charge < -0.3 is 4.70 Å². The van der Waals surface area contributed by atoms with Crippen molar-refractivity contribution in [3.05, 3.63) is 0 Å². The molecule has 0 aromatic carbocycles. The quantitative estimate of drug-likeness (QED) is 0.314. The summed E-state index contributed by atoms with van der Waals surface area (Å²) in [6, 6.07) is 0. The molecule has 0 radical (unpaired) electrons. The van der Waals surface area contributed by atoms with E-state index in [0.717, 1.165) is 0 Å². The Morgan fingerprint density at radius 2 is 1.00 bits per heavy atom. The predicted octanol–water partition coefficient (Wildman–Crippen LogP) is -4.30. The molecule has 0 aromatic heterocycles. The molecule has 0 N–H and O–H groups in total. The molecule has 0 aliphatic rings. The molecule has 0 nitrogen and oxygen atoms in total. The molecule has 0 heterocycles. The van der Waals surface area contributed by atoms with Crippen LogP contribution in [0.2, 0.25) is 0 Å². The van der Waals surface area contributed by atoms with Gasteiger partial charge in [-0.3, -0.25) is 0 Å².